The van der Waals surface area contributed by atoms with Crippen molar-refractivity contribution in [2.75, 3.05) is 26.2 Å². The van der Waals surface area contributed by atoms with Crippen LogP contribution in [0.1, 0.15) is 37.2 Å². The summed E-state index contributed by atoms with van der Waals surface area (Å²) < 4.78 is 6.27. The summed E-state index contributed by atoms with van der Waals surface area (Å²) >= 11 is 6.68. The number of carbonyl (C=O) groups excluding carboxylic acids is 1. The molecule has 2 atom stereocenters. The molecule has 0 spiro atoms. The average Bonchev–Trinajstić information content (AvgIpc) is 3.14. The summed E-state index contributed by atoms with van der Waals surface area (Å²) in [6.45, 7) is 7.77. The zero-order valence-electron chi connectivity index (χ0n) is 16.5. The molecule has 2 N–H and O–H groups in total. The van der Waals surface area contributed by atoms with E-state index in [4.69, 9.17) is 16.3 Å². The molecule has 6 nitrogen and oxygen atoms in total. The molecule has 2 aromatic rings. The molecule has 1 amide bonds. The van der Waals surface area contributed by atoms with Gasteiger partial charge in [-0.15, -0.1) is 0 Å². The Labute approximate surface area is 171 Å². The molecule has 2 fully saturated rings. The standard InChI is InChI=1S/C21H29ClN4O2/c1-14(2)25-10-7-16(8-11-25)28-20-19(22)26(12-9-23-20)21(27)18-13-15-5-3-4-6-17(15)24-18/h3-6,13-14,16,19-20,23-24H,7-12H2,1-2H3. The second-order valence-electron chi connectivity index (χ2n) is 7.98. The van der Waals surface area contributed by atoms with Gasteiger partial charge in [-0.25, -0.2) is 0 Å². The van der Waals surface area contributed by atoms with Crippen molar-refractivity contribution in [3.8, 4) is 0 Å². The van der Waals surface area contributed by atoms with Gasteiger partial charge >= 0.3 is 0 Å². The first-order valence-corrected chi connectivity index (χ1v) is 10.6. The van der Waals surface area contributed by atoms with Crippen LogP contribution in [0.3, 0.4) is 0 Å². The van der Waals surface area contributed by atoms with Gasteiger partial charge in [-0.3, -0.25) is 10.1 Å². The molecule has 4 rings (SSSR count). The van der Waals surface area contributed by atoms with Crippen LogP contribution in [0.25, 0.3) is 10.9 Å². The van der Waals surface area contributed by atoms with E-state index in [0.29, 0.717) is 24.8 Å². The number of carbonyl (C=O) groups is 1. The highest BCUT2D eigenvalue weighted by Crippen LogP contribution is 2.24. The Balaban J connectivity index is 1.40. The van der Waals surface area contributed by atoms with Gasteiger partial charge in [-0.1, -0.05) is 29.8 Å². The van der Waals surface area contributed by atoms with Crippen molar-refractivity contribution in [1.82, 2.24) is 20.1 Å². The number of hydrogen-bond donors (Lipinski definition) is 2. The zero-order chi connectivity index (χ0) is 19.7. The topological polar surface area (TPSA) is 60.6 Å². The normalized spacial score (nSPS) is 24.9. The van der Waals surface area contributed by atoms with E-state index in [0.717, 1.165) is 36.8 Å². The average molecular weight is 405 g/mol. The number of amides is 1. The van der Waals surface area contributed by atoms with Crippen LogP contribution in [-0.4, -0.2) is 70.7 Å². The first-order valence-electron chi connectivity index (χ1n) is 10.2. The van der Waals surface area contributed by atoms with Gasteiger partial charge in [0.1, 0.15) is 17.4 Å². The summed E-state index contributed by atoms with van der Waals surface area (Å²) in [5.74, 6) is -0.0825. The van der Waals surface area contributed by atoms with Gasteiger partial charge in [0.15, 0.2) is 0 Å². The molecule has 7 heteroatoms. The number of ether oxygens (including phenoxy) is 1. The highest BCUT2D eigenvalue weighted by atomic mass is 35.5. The first kappa shape index (κ1) is 19.7. The van der Waals surface area contributed by atoms with Gasteiger partial charge < -0.3 is 19.5 Å². The number of rotatable bonds is 4. The molecule has 2 saturated heterocycles. The molecule has 1 aromatic carbocycles. The molecule has 1 aromatic heterocycles. The SMILES string of the molecule is CC(C)N1CCC(OC2NCCN(C(=O)c3cc4ccccc4[nH]3)C2Cl)CC1. The third-order valence-electron chi connectivity index (χ3n) is 5.81. The number of H-pyrrole nitrogens is 1. The van der Waals surface area contributed by atoms with Crippen LogP contribution in [-0.2, 0) is 4.74 Å². The second kappa shape index (κ2) is 8.41. The molecule has 152 valence electrons. The maximum atomic E-state index is 13.1. The molecular formula is C21H29ClN4O2. The quantitative estimate of drug-likeness (QED) is 0.607. The molecule has 0 bridgehead atoms. The minimum absolute atomic E-state index is 0.0825. The van der Waals surface area contributed by atoms with Gasteiger partial charge in [-0.2, -0.15) is 0 Å². The number of nitrogens with zero attached hydrogens (tertiary/aromatic N) is 2. The maximum Gasteiger partial charge on any atom is 0.271 e. The Morgan fingerprint density at radius 3 is 2.68 bits per heavy atom. The second-order valence-corrected chi connectivity index (χ2v) is 8.43. The summed E-state index contributed by atoms with van der Waals surface area (Å²) in [6.07, 6.45) is 1.82. The third-order valence-corrected chi connectivity index (χ3v) is 6.28. The van der Waals surface area contributed by atoms with Crippen molar-refractivity contribution in [3.05, 3.63) is 36.0 Å². The molecule has 28 heavy (non-hydrogen) atoms. The van der Waals surface area contributed by atoms with E-state index in [1.165, 1.54) is 0 Å². The lowest BCUT2D eigenvalue weighted by atomic mass is 10.1. The van der Waals surface area contributed by atoms with Gasteiger partial charge in [0.2, 0.25) is 0 Å². The predicted octanol–water partition coefficient (Wildman–Crippen LogP) is 2.99. The largest absolute Gasteiger partial charge is 0.356 e. The van der Waals surface area contributed by atoms with Crippen LogP contribution in [0.2, 0.25) is 0 Å². The number of aromatic nitrogens is 1. The van der Waals surface area contributed by atoms with Crippen LogP contribution in [0, 0.1) is 0 Å². The van der Waals surface area contributed by atoms with Crippen molar-refractivity contribution < 1.29 is 9.53 Å². The van der Waals surface area contributed by atoms with Crippen LogP contribution < -0.4 is 5.32 Å². The number of hydrogen-bond acceptors (Lipinski definition) is 4. The number of piperidine rings is 1. The van der Waals surface area contributed by atoms with Gasteiger partial charge in [0, 0.05) is 43.1 Å². The highest BCUT2D eigenvalue weighted by Gasteiger charge is 2.36. The molecule has 0 saturated carbocycles. The van der Waals surface area contributed by atoms with Gasteiger partial charge in [-0.05, 0) is 38.8 Å². The number of piperazine rings is 1. The predicted molar refractivity (Wildman–Crippen MR) is 112 cm³/mol. The number of alkyl halides is 1. The fourth-order valence-corrected chi connectivity index (χ4v) is 4.45. The van der Waals surface area contributed by atoms with Crippen molar-refractivity contribution in [2.24, 2.45) is 0 Å². The monoisotopic (exact) mass is 404 g/mol. The van der Waals surface area contributed by atoms with E-state index >= 15 is 0 Å². The lowest BCUT2D eigenvalue weighted by molar-refractivity contribution is -0.0860. The molecule has 2 unspecified atom stereocenters. The molecule has 0 radical (unpaired) electrons. The molecule has 3 heterocycles. The number of likely N-dealkylation sites (tertiary alicyclic amines) is 1. The molecule has 2 aliphatic heterocycles. The van der Waals surface area contributed by atoms with Crippen LogP contribution in [0.5, 0.6) is 0 Å². The smallest absolute Gasteiger partial charge is 0.271 e. The van der Waals surface area contributed by atoms with Crippen molar-refractivity contribution in [1.29, 1.82) is 0 Å². The number of halogens is 1. The Bertz CT molecular complexity index is 783. The first-order chi connectivity index (χ1) is 13.5. The van der Waals surface area contributed by atoms with E-state index in [1.807, 2.05) is 30.3 Å². The highest BCUT2D eigenvalue weighted by molar-refractivity contribution is 6.22. The fourth-order valence-electron chi connectivity index (χ4n) is 4.12. The minimum Gasteiger partial charge on any atom is -0.356 e. The lowest BCUT2D eigenvalue weighted by Crippen LogP contribution is -2.59. The summed E-state index contributed by atoms with van der Waals surface area (Å²) in [5.41, 5.74) is 0.991. The van der Waals surface area contributed by atoms with E-state index < -0.39 is 5.50 Å². The third kappa shape index (κ3) is 4.06. The van der Waals surface area contributed by atoms with Gasteiger partial charge in [0.05, 0.1) is 6.10 Å². The van der Waals surface area contributed by atoms with E-state index in [-0.39, 0.29) is 18.2 Å². The Kier molecular flexibility index (Phi) is 5.92. The van der Waals surface area contributed by atoms with Crippen LogP contribution in [0.4, 0.5) is 0 Å². The summed E-state index contributed by atoms with van der Waals surface area (Å²) in [6, 6.07) is 10.3. The number of para-hydroxylation sites is 1. The van der Waals surface area contributed by atoms with Crippen LogP contribution >= 0.6 is 11.6 Å². The number of fused-ring (bicyclic) bond motifs is 1. The molecular weight excluding hydrogens is 376 g/mol. The zero-order valence-corrected chi connectivity index (χ0v) is 17.3. The van der Waals surface area contributed by atoms with Crippen LogP contribution in [0.15, 0.2) is 30.3 Å². The molecule has 0 aliphatic carbocycles. The van der Waals surface area contributed by atoms with Crippen molar-refractivity contribution in [3.63, 3.8) is 0 Å². The minimum atomic E-state index is -0.532. The lowest BCUT2D eigenvalue weighted by Gasteiger charge is -2.41. The summed E-state index contributed by atoms with van der Waals surface area (Å²) in [5, 5.41) is 4.37. The summed E-state index contributed by atoms with van der Waals surface area (Å²) in [7, 11) is 0. The number of nitrogens with one attached hydrogen (secondary N) is 2. The number of benzene rings is 1. The Morgan fingerprint density at radius 2 is 1.96 bits per heavy atom. The Morgan fingerprint density at radius 1 is 1.21 bits per heavy atom. The Hall–Kier alpha value is -1.60. The van der Waals surface area contributed by atoms with E-state index in [1.54, 1.807) is 4.90 Å². The number of aromatic amines is 1. The van der Waals surface area contributed by atoms with E-state index in [2.05, 4.69) is 29.0 Å². The van der Waals surface area contributed by atoms with Crippen molar-refractivity contribution >= 4 is 28.4 Å². The molecule has 2 aliphatic rings. The maximum absolute atomic E-state index is 13.1. The fraction of sp³-hybridized carbons (Fsp3) is 0.571. The van der Waals surface area contributed by atoms with E-state index in [9.17, 15) is 4.79 Å². The van der Waals surface area contributed by atoms with Gasteiger partial charge in [0.25, 0.3) is 5.91 Å². The van der Waals surface area contributed by atoms with Crippen molar-refractivity contribution in [2.45, 2.75) is 50.6 Å². The summed E-state index contributed by atoms with van der Waals surface area (Å²) in [4.78, 5) is 20.4.